The van der Waals surface area contributed by atoms with Crippen molar-refractivity contribution >= 4 is 11.3 Å². The number of aromatic nitrogens is 1. The lowest BCUT2D eigenvalue weighted by atomic mass is 9.85. The van der Waals surface area contributed by atoms with Crippen LogP contribution in [0.25, 0.3) is 11.3 Å². The molecule has 1 aromatic heterocycles. The van der Waals surface area contributed by atoms with Crippen LogP contribution in [0.2, 0.25) is 0 Å². The lowest BCUT2D eigenvalue weighted by molar-refractivity contribution is 0.114. The maximum Gasteiger partial charge on any atom is 0.110 e. The number of aliphatic hydroxyl groups is 1. The molecule has 3 nitrogen and oxygen atoms in total. The molecule has 3 rings (SSSR count). The molecule has 1 aliphatic carbocycles. The second kappa shape index (κ2) is 6.49. The van der Waals surface area contributed by atoms with Crippen LogP contribution in [0.15, 0.2) is 35.7 Å². The van der Waals surface area contributed by atoms with Crippen LogP contribution < -0.4 is 5.32 Å². The quantitative estimate of drug-likeness (QED) is 0.876. The third kappa shape index (κ3) is 3.09. The summed E-state index contributed by atoms with van der Waals surface area (Å²) in [7, 11) is 0. The molecule has 0 bridgehead atoms. The molecule has 1 aromatic carbocycles. The summed E-state index contributed by atoms with van der Waals surface area (Å²) in [4.78, 5) is 4.79. The number of nitrogens with one attached hydrogen (secondary N) is 1. The van der Waals surface area contributed by atoms with Crippen LogP contribution in [0, 0.1) is 5.41 Å². The number of rotatable bonds is 5. The van der Waals surface area contributed by atoms with E-state index >= 15 is 0 Å². The Morgan fingerprint density at radius 1 is 1.41 bits per heavy atom. The van der Waals surface area contributed by atoms with Gasteiger partial charge in [0.1, 0.15) is 5.01 Å². The molecule has 2 N–H and O–H groups in total. The minimum Gasteiger partial charge on any atom is -0.396 e. The lowest BCUT2D eigenvalue weighted by Crippen LogP contribution is -2.42. The molecule has 3 atom stereocenters. The predicted octanol–water partition coefficient (Wildman–Crippen LogP) is 4.01. The Kier molecular flexibility index (Phi) is 4.62. The third-order valence-corrected chi connectivity index (χ3v) is 5.88. The summed E-state index contributed by atoms with van der Waals surface area (Å²) in [6, 6.07) is 10.9. The fourth-order valence-corrected chi connectivity index (χ4v) is 4.15. The largest absolute Gasteiger partial charge is 0.396 e. The Morgan fingerprint density at radius 3 is 2.91 bits per heavy atom. The highest BCUT2D eigenvalue weighted by atomic mass is 32.1. The summed E-state index contributed by atoms with van der Waals surface area (Å²) in [5, 5.41) is 16.6. The van der Waals surface area contributed by atoms with Gasteiger partial charge in [0.05, 0.1) is 11.7 Å². The van der Waals surface area contributed by atoms with Crippen LogP contribution in [0.1, 0.15) is 44.2 Å². The first-order valence-electron chi connectivity index (χ1n) is 8.00. The van der Waals surface area contributed by atoms with Crippen LogP contribution in [0.5, 0.6) is 0 Å². The second-order valence-electron chi connectivity index (χ2n) is 6.58. The first kappa shape index (κ1) is 15.7. The van der Waals surface area contributed by atoms with Gasteiger partial charge >= 0.3 is 0 Å². The van der Waals surface area contributed by atoms with Gasteiger partial charge in [-0.1, -0.05) is 43.7 Å². The second-order valence-corrected chi connectivity index (χ2v) is 7.47. The highest BCUT2D eigenvalue weighted by Gasteiger charge is 2.38. The number of benzene rings is 1. The molecule has 118 valence electrons. The molecule has 2 aromatic rings. The van der Waals surface area contributed by atoms with Crippen molar-refractivity contribution in [1.29, 1.82) is 0 Å². The highest BCUT2D eigenvalue weighted by Crippen LogP contribution is 2.38. The van der Waals surface area contributed by atoms with Gasteiger partial charge in [-0.25, -0.2) is 4.98 Å². The van der Waals surface area contributed by atoms with E-state index in [0.717, 1.165) is 23.5 Å². The molecule has 1 saturated carbocycles. The summed E-state index contributed by atoms with van der Waals surface area (Å²) in [6.07, 6.45) is 3.42. The zero-order chi connectivity index (χ0) is 15.6. The SMILES string of the molecule is CC(NC1CCCC1(C)CO)c1nc(-c2ccccc2)cs1. The summed E-state index contributed by atoms with van der Waals surface area (Å²) in [5.74, 6) is 0. The first-order valence-corrected chi connectivity index (χ1v) is 8.88. The van der Waals surface area contributed by atoms with E-state index in [1.807, 2.05) is 18.2 Å². The Morgan fingerprint density at radius 2 is 2.18 bits per heavy atom. The van der Waals surface area contributed by atoms with Gasteiger partial charge in [0.15, 0.2) is 0 Å². The molecule has 0 aliphatic heterocycles. The fourth-order valence-electron chi connectivity index (χ4n) is 3.31. The number of hydrogen-bond donors (Lipinski definition) is 2. The van der Waals surface area contributed by atoms with Crippen molar-refractivity contribution in [3.8, 4) is 11.3 Å². The van der Waals surface area contributed by atoms with E-state index < -0.39 is 0 Å². The topological polar surface area (TPSA) is 45.1 Å². The molecular weight excluding hydrogens is 292 g/mol. The zero-order valence-corrected chi connectivity index (χ0v) is 14.1. The highest BCUT2D eigenvalue weighted by molar-refractivity contribution is 7.10. The molecule has 3 unspecified atom stereocenters. The van der Waals surface area contributed by atoms with Crippen LogP contribution in [-0.2, 0) is 0 Å². The molecule has 1 heterocycles. The zero-order valence-electron chi connectivity index (χ0n) is 13.2. The van der Waals surface area contributed by atoms with Gasteiger partial charge in [-0.3, -0.25) is 0 Å². The maximum absolute atomic E-state index is 9.68. The Hall–Kier alpha value is -1.23. The third-order valence-electron chi connectivity index (χ3n) is 4.86. The van der Waals surface area contributed by atoms with Crippen molar-refractivity contribution in [2.24, 2.45) is 5.41 Å². The molecule has 0 radical (unpaired) electrons. The summed E-state index contributed by atoms with van der Waals surface area (Å²) < 4.78 is 0. The van der Waals surface area contributed by atoms with Gasteiger partial charge < -0.3 is 10.4 Å². The maximum atomic E-state index is 9.68. The van der Waals surface area contributed by atoms with Crippen molar-refractivity contribution in [3.63, 3.8) is 0 Å². The number of thiazole rings is 1. The van der Waals surface area contributed by atoms with E-state index in [4.69, 9.17) is 4.98 Å². The molecule has 1 aliphatic rings. The van der Waals surface area contributed by atoms with Crippen molar-refractivity contribution < 1.29 is 5.11 Å². The molecule has 4 heteroatoms. The van der Waals surface area contributed by atoms with Crippen molar-refractivity contribution in [2.45, 2.75) is 45.2 Å². The molecule has 1 fully saturated rings. The average molecular weight is 316 g/mol. The molecule has 0 amide bonds. The Bertz CT molecular complexity index is 613. The normalized spacial score (nSPS) is 26.2. The minimum absolute atomic E-state index is 0.00772. The van der Waals surface area contributed by atoms with E-state index in [0.29, 0.717) is 6.04 Å². The molecular formula is C18H24N2OS. The predicted molar refractivity (Wildman–Crippen MR) is 91.9 cm³/mol. The minimum atomic E-state index is 0.00772. The number of hydrogen-bond acceptors (Lipinski definition) is 4. The lowest BCUT2D eigenvalue weighted by Gasteiger charge is -2.32. The van der Waals surface area contributed by atoms with E-state index in [1.165, 1.54) is 12.0 Å². The van der Waals surface area contributed by atoms with Crippen LogP contribution >= 0.6 is 11.3 Å². The van der Waals surface area contributed by atoms with Gasteiger partial charge in [-0.05, 0) is 19.8 Å². The van der Waals surface area contributed by atoms with E-state index in [-0.39, 0.29) is 18.1 Å². The summed E-state index contributed by atoms with van der Waals surface area (Å²) in [5.41, 5.74) is 2.22. The smallest absolute Gasteiger partial charge is 0.110 e. The van der Waals surface area contributed by atoms with Crippen molar-refractivity contribution in [1.82, 2.24) is 10.3 Å². The summed E-state index contributed by atoms with van der Waals surface area (Å²) >= 11 is 1.71. The number of nitrogens with zero attached hydrogens (tertiary/aromatic N) is 1. The van der Waals surface area contributed by atoms with Crippen LogP contribution in [0.4, 0.5) is 0 Å². The van der Waals surface area contributed by atoms with Gasteiger partial charge in [0.25, 0.3) is 0 Å². The molecule has 22 heavy (non-hydrogen) atoms. The molecule has 0 saturated heterocycles. The fraction of sp³-hybridized carbons (Fsp3) is 0.500. The average Bonchev–Trinajstić information content (AvgIpc) is 3.17. The standard InChI is InChI=1S/C18H24N2OS/c1-13(19-16-9-6-10-18(16,2)12-21)17-20-15(11-22-17)14-7-4-3-5-8-14/h3-5,7-8,11,13,16,19,21H,6,9-10,12H2,1-2H3. The van der Waals surface area contributed by atoms with Gasteiger partial charge in [0, 0.05) is 29.0 Å². The Balaban J connectivity index is 1.71. The van der Waals surface area contributed by atoms with Crippen LogP contribution in [0.3, 0.4) is 0 Å². The van der Waals surface area contributed by atoms with E-state index in [9.17, 15) is 5.11 Å². The monoisotopic (exact) mass is 316 g/mol. The van der Waals surface area contributed by atoms with Crippen molar-refractivity contribution in [2.75, 3.05) is 6.61 Å². The van der Waals surface area contributed by atoms with Crippen molar-refractivity contribution in [3.05, 3.63) is 40.7 Å². The number of aliphatic hydroxyl groups excluding tert-OH is 1. The van der Waals surface area contributed by atoms with E-state index in [2.05, 4.69) is 36.7 Å². The van der Waals surface area contributed by atoms with E-state index in [1.54, 1.807) is 11.3 Å². The van der Waals surface area contributed by atoms with Gasteiger partial charge in [0.2, 0.25) is 0 Å². The first-order chi connectivity index (χ1) is 10.6. The van der Waals surface area contributed by atoms with Gasteiger partial charge in [-0.2, -0.15) is 0 Å². The molecule has 0 spiro atoms. The van der Waals surface area contributed by atoms with Crippen LogP contribution in [-0.4, -0.2) is 22.7 Å². The van der Waals surface area contributed by atoms with Gasteiger partial charge in [-0.15, -0.1) is 11.3 Å². The summed E-state index contributed by atoms with van der Waals surface area (Å²) in [6.45, 7) is 4.61. The Labute approximate surface area is 136 Å².